The molecular formula is C18H19NO4. The summed E-state index contributed by atoms with van der Waals surface area (Å²) >= 11 is 0. The van der Waals surface area contributed by atoms with Gasteiger partial charge in [-0.25, -0.2) is 0 Å². The number of carbonyl (C=O) groups excluding carboxylic acids is 1. The molecule has 3 rings (SSSR count). The zero-order valence-corrected chi connectivity index (χ0v) is 12.8. The standard InChI is InChI=1S/C18H19NO4/c1-2-9-23-14-7-5-13(6-8-14)17(20)19-10-15(12-3-4-12)16(11-19)18(21)22/h1,5-8,12,15-16H,3-4,9-11H2,(H,21,22)/t15-,16+/m1/s1. The van der Waals surface area contributed by atoms with Crippen molar-refractivity contribution < 1.29 is 19.4 Å². The molecule has 1 heterocycles. The number of carbonyl (C=O) groups is 2. The van der Waals surface area contributed by atoms with Gasteiger partial charge in [0.05, 0.1) is 5.92 Å². The van der Waals surface area contributed by atoms with Gasteiger partial charge in [0.2, 0.25) is 0 Å². The van der Waals surface area contributed by atoms with Gasteiger partial charge in [-0.2, -0.15) is 0 Å². The van der Waals surface area contributed by atoms with Gasteiger partial charge in [-0.05, 0) is 48.9 Å². The average molecular weight is 313 g/mol. The summed E-state index contributed by atoms with van der Waals surface area (Å²) in [7, 11) is 0. The van der Waals surface area contributed by atoms with Crippen LogP contribution < -0.4 is 4.74 Å². The smallest absolute Gasteiger partial charge is 0.308 e. The highest BCUT2D eigenvalue weighted by Gasteiger charge is 2.46. The van der Waals surface area contributed by atoms with Gasteiger partial charge in [0, 0.05) is 18.7 Å². The fourth-order valence-electron chi connectivity index (χ4n) is 3.26. The first-order chi connectivity index (χ1) is 11.1. The van der Waals surface area contributed by atoms with Crippen LogP contribution in [0.1, 0.15) is 23.2 Å². The van der Waals surface area contributed by atoms with E-state index in [2.05, 4.69) is 5.92 Å². The Kier molecular flexibility index (Phi) is 4.24. The molecule has 5 heteroatoms. The van der Waals surface area contributed by atoms with Crippen molar-refractivity contribution in [2.24, 2.45) is 17.8 Å². The highest BCUT2D eigenvalue weighted by Crippen LogP contribution is 2.44. The summed E-state index contributed by atoms with van der Waals surface area (Å²) in [6.45, 7) is 1.02. The summed E-state index contributed by atoms with van der Waals surface area (Å²) in [5, 5.41) is 9.38. The van der Waals surface area contributed by atoms with Gasteiger partial charge in [-0.15, -0.1) is 6.42 Å². The maximum atomic E-state index is 12.6. The molecule has 2 atom stereocenters. The van der Waals surface area contributed by atoms with E-state index in [1.54, 1.807) is 29.2 Å². The number of aliphatic carboxylic acids is 1. The molecular weight excluding hydrogens is 294 g/mol. The third kappa shape index (κ3) is 3.31. The van der Waals surface area contributed by atoms with E-state index >= 15 is 0 Å². The molecule has 0 unspecified atom stereocenters. The van der Waals surface area contributed by atoms with Crippen molar-refractivity contribution in [3.8, 4) is 18.1 Å². The van der Waals surface area contributed by atoms with Crippen molar-refractivity contribution in [3.05, 3.63) is 29.8 Å². The lowest BCUT2D eigenvalue weighted by Gasteiger charge is -2.16. The molecule has 0 aromatic heterocycles. The molecule has 23 heavy (non-hydrogen) atoms. The number of nitrogens with zero attached hydrogens (tertiary/aromatic N) is 1. The van der Waals surface area contributed by atoms with E-state index in [1.165, 1.54) is 0 Å². The first kappa shape index (κ1) is 15.4. The van der Waals surface area contributed by atoms with Crippen LogP contribution in [0.2, 0.25) is 0 Å². The number of ether oxygens (including phenoxy) is 1. The minimum atomic E-state index is -0.796. The zero-order chi connectivity index (χ0) is 16.4. The fraction of sp³-hybridized carbons (Fsp3) is 0.444. The van der Waals surface area contributed by atoms with Gasteiger partial charge < -0.3 is 14.7 Å². The summed E-state index contributed by atoms with van der Waals surface area (Å²) < 4.78 is 5.28. The van der Waals surface area contributed by atoms with Crippen LogP contribution in [-0.4, -0.2) is 41.6 Å². The average Bonchev–Trinajstić information content (AvgIpc) is 3.30. The van der Waals surface area contributed by atoms with Crippen molar-refractivity contribution in [3.63, 3.8) is 0 Å². The van der Waals surface area contributed by atoms with E-state index in [9.17, 15) is 14.7 Å². The molecule has 2 aliphatic rings. The second kappa shape index (κ2) is 6.33. The summed E-state index contributed by atoms with van der Waals surface area (Å²) in [6, 6.07) is 6.78. The molecule has 1 aliphatic carbocycles. The summed E-state index contributed by atoms with van der Waals surface area (Å²) in [4.78, 5) is 25.7. The van der Waals surface area contributed by atoms with Gasteiger partial charge in [-0.3, -0.25) is 9.59 Å². The Morgan fingerprint density at radius 2 is 1.96 bits per heavy atom. The number of hydrogen-bond donors (Lipinski definition) is 1. The predicted octanol–water partition coefficient (Wildman–Crippen LogP) is 1.88. The SMILES string of the molecule is C#CCOc1ccc(C(=O)N2C[C@H](C(=O)O)[C@@H](C3CC3)C2)cc1. The van der Waals surface area contributed by atoms with Crippen molar-refractivity contribution in [2.45, 2.75) is 12.8 Å². The number of hydrogen-bond acceptors (Lipinski definition) is 3. The Hall–Kier alpha value is -2.48. The zero-order valence-electron chi connectivity index (χ0n) is 12.8. The van der Waals surface area contributed by atoms with Crippen LogP contribution in [0, 0.1) is 30.1 Å². The first-order valence-electron chi connectivity index (χ1n) is 7.78. The molecule has 1 saturated heterocycles. The van der Waals surface area contributed by atoms with Crippen LogP contribution >= 0.6 is 0 Å². The number of likely N-dealkylation sites (tertiary alicyclic amines) is 1. The molecule has 1 saturated carbocycles. The Balaban J connectivity index is 1.68. The van der Waals surface area contributed by atoms with Crippen LogP contribution in [0.4, 0.5) is 0 Å². The van der Waals surface area contributed by atoms with Crippen LogP contribution in [0.15, 0.2) is 24.3 Å². The van der Waals surface area contributed by atoms with Crippen LogP contribution in [0.5, 0.6) is 5.75 Å². The monoisotopic (exact) mass is 313 g/mol. The minimum Gasteiger partial charge on any atom is -0.481 e. The van der Waals surface area contributed by atoms with Crippen molar-refractivity contribution in [2.75, 3.05) is 19.7 Å². The Bertz CT molecular complexity index is 642. The predicted molar refractivity (Wildman–Crippen MR) is 84.0 cm³/mol. The van der Waals surface area contributed by atoms with E-state index in [-0.39, 0.29) is 18.4 Å². The van der Waals surface area contributed by atoms with Crippen LogP contribution in [0.25, 0.3) is 0 Å². The highest BCUT2D eigenvalue weighted by molar-refractivity contribution is 5.95. The highest BCUT2D eigenvalue weighted by atomic mass is 16.5. The molecule has 0 spiro atoms. The molecule has 0 radical (unpaired) electrons. The van der Waals surface area contributed by atoms with Crippen molar-refractivity contribution in [1.82, 2.24) is 4.90 Å². The normalized spacial score (nSPS) is 23.3. The van der Waals surface area contributed by atoms with Gasteiger partial charge >= 0.3 is 5.97 Å². The number of carboxylic acid groups (broad SMARTS) is 1. The quantitative estimate of drug-likeness (QED) is 0.843. The number of carboxylic acids is 1. The third-order valence-corrected chi connectivity index (χ3v) is 4.62. The van der Waals surface area contributed by atoms with Crippen molar-refractivity contribution in [1.29, 1.82) is 0 Å². The van der Waals surface area contributed by atoms with Crippen molar-refractivity contribution >= 4 is 11.9 Å². The third-order valence-electron chi connectivity index (χ3n) is 4.62. The minimum absolute atomic E-state index is 0.0923. The lowest BCUT2D eigenvalue weighted by Crippen LogP contribution is -2.29. The molecule has 1 aliphatic heterocycles. The van der Waals surface area contributed by atoms with E-state index in [0.29, 0.717) is 30.3 Å². The van der Waals surface area contributed by atoms with E-state index in [0.717, 1.165) is 12.8 Å². The van der Waals surface area contributed by atoms with Gasteiger partial charge in [0.1, 0.15) is 12.4 Å². The van der Waals surface area contributed by atoms with Gasteiger partial charge in [0.15, 0.2) is 0 Å². The molecule has 1 aromatic carbocycles. The van der Waals surface area contributed by atoms with E-state index in [1.807, 2.05) is 0 Å². The van der Waals surface area contributed by atoms with Crippen LogP contribution in [-0.2, 0) is 4.79 Å². The van der Waals surface area contributed by atoms with E-state index in [4.69, 9.17) is 11.2 Å². The Morgan fingerprint density at radius 1 is 1.26 bits per heavy atom. The lowest BCUT2D eigenvalue weighted by atomic mass is 9.92. The Labute approximate surface area is 135 Å². The van der Waals surface area contributed by atoms with Gasteiger partial charge in [-0.1, -0.05) is 5.92 Å². The number of amides is 1. The second-order valence-electron chi connectivity index (χ2n) is 6.17. The Morgan fingerprint density at radius 3 is 2.52 bits per heavy atom. The lowest BCUT2D eigenvalue weighted by molar-refractivity contribution is -0.142. The molecule has 0 bridgehead atoms. The summed E-state index contributed by atoms with van der Waals surface area (Å²) in [5.41, 5.74) is 0.540. The topological polar surface area (TPSA) is 66.8 Å². The molecule has 2 fully saturated rings. The molecule has 5 nitrogen and oxygen atoms in total. The molecule has 1 N–H and O–H groups in total. The molecule has 1 aromatic rings. The number of terminal acetylenes is 1. The second-order valence-corrected chi connectivity index (χ2v) is 6.17. The maximum absolute atomic E-state index is 12.6. The fourth-order valence-corrected chi connectivity index (χ4v) is 3.26. The number of rotatable bonds is 5. The van der Waals surface area contributed by atoms with Crippen LogP contribution in [0.3, 0.4) is 0 Å². The summed E-state index contributed by atoms with van der Waals surface area (Å²) in [5.74, 6) is 2.19. The first-order valence-corrected chi connectivity index (χ1v) is 7.78. The largest absolute Gasteiger partial charge is 0.481 e. The molecule has 1 amide bonds. The maximum Gasteiger partial charge on any atom is 0.308 e. The summed E-state index contributed by atoms with van der Waals surface area (Å²) in [6.07, 6.45) is 7.30. The van der Waals surface area contributed by atoms with E-state index < -0.39 is 11.9 Å². The van der Waals surface area contributed by atoms with Gasteiger partial charge in [0.25, 0.3) is 5.91 Å². The molecule has 120 valence electrons. The number of benzene rings is 1.